The number of aryl methyl sites for hydroxylation is 3. The summed E-state index contributed by atoms with van der Waals surface area (Å²) in [6.07, 6.45) is 0. The van der Waals surface area contributed by atoms with E-state index in [9.17, 15) is 0 Å². The Balaban J connectivity index is 1.35. The Morgan fingerprint density at radius 1 is 0.470 bits per heavy atom. The van der Waals surface area contributed by atoms with Crippen LogP contribution in [0.4, 0.5) is 34.1 Å². The molecule has 0 saturated heterocycles. The molecule has 0 aliphatic heterocycles. The van der Waals surface area contributed by atoms with Crippen LogP contribution < -0.4 is 9.80 Å². The first-order valence-corrected chi connectivity index (χ1v) is 25.2. The van der Waals surface area contributed by atoms with Gasteiger partial charge in [0.1, 0.15) is 0 Å². The summed E-state index contributed by atoms with van der Waals surface area (Å²) < 4.78 is 2.53. The van der Waals surface area contributed by atoms with E-state index in [1.807, 2.05) is 11.3 Å². The molecule has 0 N–H and O–H groups in total. The monoisotopic (exact) mass is 920 g/mol. The van der Waals surface area contributed by atoms with E-state index in [2.05, 4.69) is 244 Å². The molecule has 0 bridgehead atoms. The van der Waals surface area contributed by atoms with Crippen molar-refractivity contribution in [1.29, 1.82) is 0 Å². The van der Waals surface area contributed by atoms with Crippen molar-refractivity contribution in [1.82, 2.24) is 0 Å². The highest BCUT2D eigenvalue weighted by Gasteiger charge is 2.30. The lowest BCUT2D eigenvalue weighted by Crippen LogP contribution is -2.18. The summed E-state index contributed by atoms with van der Waals surface area (Å²) in [4.78, 5) is 6.11. The normalized spacial score (nSPS) is 12.3. The molecule has 9 rings (SSSR count). The highest BCUT2D eigenvalue weighted by Crippen LogP contribution is 2.53. The second-order valence-electron chi connectivity index (χ2n) is 21.1. The standard InChI is InChI=1S/C61H61ClN2S2/c1-38-29-51(57(62)52(30-38)64(58-39(2)31-46(32-40(58)3)61(10,11)12)53-37-65-55-28-26-45(36-49(53)55)60(7,8)9)63(47-23-18-22-42(33-47)56-34-43-21-16-17-24-54(43)66-56)50-27-25-44(59(4,5)6)35-48(50)41-19-14-13-15-20-41/h13-37H,1-12H3. The first-order chi connectivity index (χ1) is 31.3. The van der Waals surface area contributed by atoms with E-state index < -0.39 is 0 Å². The first-order valence-electron chi connectivity index (χ1n) is 23.1. The predicted octanol–water partition coefficient (Wildman–Crippen LogP) is 19.9. The number of rotatable bonds is 8. The molecule has 0 unspecified atom stereocenters. The maximum absolute atomic E-state index is 8.24. The van der Waals surface area contributed by atoms with E-state index in [0.717, 1.165) is 50.8 Å². The van der Waals surface area contributed by atoms with Crippen LogP contribution in [0.1, 0.15) is 95.7 Å². The van der Waals surface area contributed by atoms with Crippen molar-refractivity contribution in [3.63, 3.8) is 0 Å². The highest BCUT2D eigenvalue weighted by molar-refractivity contribution is 7.22. The van der Waals surface area contributed by atoms with Gasteiger partial charge in [-0.1, -0.05) is 159 Å². The van der Waals surface area contributed by atoms with Crippen LogP contribution >= 0.6 is 34.3 Å². The molecule has 2 nitrogen and oxygen atoms in total. The topological polar surface area (TPSA) is 6.48 Å². The molecule has 0 aliphatic carbocycles. The Bertz CT molecular complexity index is 3200. The van der Waals surface area contributed by atoms with Crippen LogP contribution in [0.15, 0.2) is 151 Å². The second kappa shape index (κ2) is 17.2. The van der Waals surface area contributed by atoms with Gasteiger partial charge in [-0.2, -0.15) is 0 Å². The molecule has 0 amide bonds. The Hall–Kier alpha value is -5.65. The fourth-order valence-corrected chi connectivity index (χ4v) is 11.4. The third-order valence-electron chi connectivity index (χ3n) is 12.9. The molecule has 0 atom stereocenters. The lowest BCUT2D eigenvalue weighted by atomic mass is 9.84. The van der Waals surface area contributed by atoms with Gasteiger partial charge in [0.2, 0.25) is 0 Å². The fourth-order valence-electron chi connectivity index (χ4n) is 9.20. The molecule has 0 saturated carbocycles. The molecule has 9 aromatic rings. The molecule has 0 aliphatic rings. The zero-order chi connectivity index (χ0) is 46.9. The zero-order valence-corrected chi connectivity index (χ0v) is 42.9. The maximum atomic E-state index is 8.24. The van der Waals surface area contributed by atoms with Gasteiger partial charge in [0.25, 0.3) is 0 Å². The Kier molecular flexibility index (Phi) is 11.9. The minimum absolute atomic E-state index is 0.00636. The van der Waals surface area contributed by atoms with Gasteiger partial charge in [0.15, 0.2) is 0 Å². The second-order valence-corrected chi connectivity index (χ2v) is 23.5. The van der Waals surface area contributed by atoms with Crippen LogP contribution in [0.25, 0.3) is 41.7 Å². The van der Waals surface area contributed by atoms with E-state index in [1.54, 1.807) is 11.3 Å². The average molecular weight is 922 g/mol. The number of benzene rings is 7. The molecular formula is C61H61ClN2S2. The summed E-state index contributed by atoms with van der Waals surface area (Å²) in [6.45, 7) is 27.4. The summed E-state index contributed by atoms with van der Waals surface area (Å²) in [7, 11) is 0. The number of fused-ring (bicyclic) bond motifs is 2. The van der Waals surface area contributed by atoms with Gasteiger partial charge in [-0.25, -0.2) is 0 Å². The van der Waals surface area contributed by atoms with E-state index >= 15 is 0 Å². The first kappa shape index (κ1) is 45.5. The maximum Gasteiger partial charge on any atom is 0.0887 e. The number of nitrogens with zero attached hydrogens (tertiary/aromatic N) is 2. The van der Waals surface area contributed by atoms with Gasteiger partial charge in [0.05, 0.1) is 33.5 Å². The van der Waals surface area contributed by atoms with Crippen LogP contribution in [-0.4, -0.2) is 0 Å². The van der Waals surface area contributed by atoms with Gasteiger partial charge in [-0.15, -0.1) is 22.7 Å². The Morgan fingerprint density at radius 3 is 1.74 bits per heavy atom. The third-order valence-corrected chi connectivity index (χ3v) is 15.4. The minimum Gasteiger partial charge on any atom is -0.308 e. The number of hydrogen-bond donors (Lipinski definition) is 0. The number of thiophene rings is 2. The van der Waals surface area contributed by atoms with E-state index in [4.69, 9.17) is 11.6 Å². The van der Waals surface area contributed by atoms with Gasteiger partial charge >= 0.3 is 0 Å². The largest absolute Gasteiger partial charge is 0.308 e. The van der Waals surface area contributed by atoms with Gasteiger partial charge in [0, 0.05) is 36.3 Å². The van der Waals surface area contributed by atoms with Gasteiger partial charge < -0.3 is 9.80 Å². The van der Waals surface area contributed by atoms with Crippen molar-refractivity contribution in [3.8, 4) is 21.6 Å². The molecule has 66 heavy (non-hydrogen) atoms. The summed E-state index contributed by atoms with van der Waals surface area (Å²) >= 11 is 11.9. The van der Waals surface area contributed by atoms with Gasteiger partial charge in [-0.3, -0.25) is 0 Å². The molecule has 2 heterocycles. The number of halogens is 1. The molecule has 334 valence electrons. The minimum atomic E-state index is -0.0585. The molecule has 0 spiro atoms. The highest BCUT2D eigenvalue weighted by atomic mass is 35.5. The predicted molar refractivity (Wildman–Crippen MR) is 293 cm³/mol. The van der Waals surface area contributed by atoms with Crippen LogP contribution in [0.5, 0.6) is 0 Å². The summed E-state index contributed by atoms with van der Waals surface area (Å²) in [5, 5.41) is 5.49. The molecule has 5 heteroatoms. The Labute approximate surface area is 406 Å². The van der Waals surface area contributed by atoms with Crippen molar-refractivity contribution >= 4 is 88.6 Å². The molecule has 2 aromatic heterocycles. The molecule has 0 radical (unpaired) electrons. The summed E-state index contributed by atoms with van der Waals surface area (Å²) in [6, 6.07) is 54.1. The summed E-state index contributed by atoms with van der Waals surface area (Å²) in [5.41, 5.74) is 17.1. The van der Waals surface area contributed by atoms with Crippen molar-refractivity contribution in [3.05, 3.63) is 189 Å². The van der Waals surface area contributed by atoms with E-state index in [0.29, 0.717) is 5.02 Å². The van der Waals surface area contributed by atoms with Crippen molar-refractivity contribution in [2.24, 2.45) is 0 Å². The van der Waals surface area contributed by atoms with Crippen molar-refractivity contribution < 1.29 is 0 Å². The Morgan fingerprint density at radius 2 is 1.08 bits per heavy atom. The number of anilines is 6. The van der Waals surface area contributed by atoms with Crippen LogP contribution in [0.2, 0.25) is 5.02 Å². The smallest absolute Gasteiger partial charge is 0.0887 e. The number of hydrogen-bond acceptors (Lipinski definition) is 4. The lowest BCUT2D eigenvalue weighted by molar-refractivity contribution is 0.589. The molecule has 0 fully saturated rings. The zero-order valence-electron chi connectivity index (χ0n) is 40.5. The summed E-state index contributed by atoms with van der Waals surface area (Å²) in [5.74, 6) is 0. The van der Waals surface area contributed by atoms with Crippen LogP contribution in [0, 0.1) is 20.8 Å². The van der Waals surface area contributed by atoms with E-state index in [-0.39, 0.29) is 16.2 Å². The lowest BCUT2D eigenvalue weighted by Gasteiger charge is -2.34. The SMILES string of the molecule is Cc1cc(N(c2cccc(-c3cc4ccccc4s3)c2)c2ccc(C(C)(C)C)cc2-c2ccccc2)c(Cl)c(N(c2c(C)cc(C(C)(C)C)cc2C)c2csc3ccc(C(C)(C)C)cc23)c1. The average Bonchev–Trinajstić information content (AvgIpc) is 3.90. The quantitative estimate of drug-likeness (QED) is 0.150. The van der Waals surface area contributed by atoms with Crippen LogP contribution in [-0.2, 0) is 16.2 Å². The van der Waals surface area contributed by atoms with Crippen LogP contribution in [0.3, 0.4) is 0 Å². The van der Waals surface area contributed by atoms with Gasteiger partial charge in [-0.05, 0) is 148 Å². The third kappa shape index (κ3) is 8.72. The fraction of sp³-hybridized carbons (Fsp3) is 0.246. The van der Waals surface area contributed by atoms with Crippen molar-refractivity contribution in [2.45, 2.75) is 99.3 Å². The van der Waals surface area contributed by atoms with E-state index in [1.165, 1.54) is 58.4 Å². The van der Waals surface area contributed by atoms with Crippen molar-refractivity contribution in [2.75, 3.05) is 9.80 Å². The molecular weight excluding hydrogens is 860 g/mol. The molecule has 7 aromatic carbocycles.